The molecular weight excluding hydrogens is 817 g/mol. The molecule has 0 aliphatic heterocycles. The number of hydrogen-bond acceptors (Lipinski definition) is 6. The fraction of sp³-hybridized carbons (Fsp3) is 0.683. The van der Waals surface area contributed by atoms with Crippen LogP contribution in [-0.2, 0) is 28.6 Å². The van der Waals surface area contributed by atoms with E-state index in [1.165, 1.54) is 109 Å². The van der Waals surface area contributed by atoms with Crippen molar-refractivity contribution in [1.29, 1.82) is 0 Å². The molecule has 1 atom stereocenters. The van der Waals surface area contributed by atoms with Crippen LogP contribution in [0.5, 0.6) is 0 Å². The Labute approximate surface area is 407 Å². The average molecular weight is 917 g/mol. The van der Waals surface area contributed by atoms with Gasteiger partial charge >= 0.3 is 17.9 Å². The second-order valence-corrected chi connectivity index (χ2v) is 17.7. The zero-order valence-corrected chi connectivity index (χ0v) is 42.9. The minimum atomic E-state index is -0.814. The van der Waals surface area contributed by atoms with Crippen LogP contribution in [0.15, 0.2) is 97.2 Å². The van der Waals surface area contributed by atoms with Crippen molar-refractivity contribution < 1.29 is 28.6 Å². The number of hydrogen-bond donors (Lipinski definition) is 0. The van der Waals surface area contributed by atoms with Crippen molar-refractivity contribution in [3.05, 3.63) is 97.2 Å². The highest BCUT2D eigenvalue weighted by Gasteiger charge is 2.19. The second kappa shape index (κ2) is 53.9. The Balaban J connectivity index is 4.46. The summed E-state index contributed by atoms with van der Waals surface area (Å²) < 4.78 is 16.7. The van der Waals surface area contributed by atoms with Gasteiger partial charge in [0.2, 0.25) is 0 Å². The van der Waals surface area contributed by atoms with Gasteiger partial charge in [0.15, 0.2) is 6.10 Å². The molecule has 0 rings (SSSR count). The topological polar surface area (TPSA) is 78.9 Å². The third-order valence-corrected chi connectivity index (χ3v) is 11.3. The predicted molar refractivity (Wildman–Crippen MR) is 284 cm³/mol. The van der Waals surface area contributed by atoms with Crippen molar-refractivity contribution in [3.63, 3.8) is 0 Å². The first-order valence-electron chi connectivity index (χ1n) is 27.2. The van der Waals surface area contributed by atoms with E-state index >= 15 is 0 Å². The van der Waals surface area contributed by atoms with Crippen molar-refractivity contribution in [2.24, 2.45) is 0 Å². The molecule has 0 aliphatic carbocycles. The van der Waals surface area contributed by atoms with Gasteiger partial charge in [0, 0.05) is 19.3 Å². The van der Waals surface area contributed by atoms with Gasteiger partial charge in [0.05, 0.1) is 0 Å². The summed E-state index contributed by atoms with van der Waals surface area (Å²) in [6.45, 7) is 6.34. The number of carbonyl (C=O) groups excluding carboxylic acids is 3. The molecule has 0 aromatic carbocycles. The Morgan fingerprint density at radius 1 is 0.318 bits per heavy atom. The number of esters is 3. The van der Waals surface area contributed by atoms with Crippen molar-refractivity contribution >= 4 is 17.9 Å². The molecule has 6 nitrogen and oxygen atoms in total. The van der Waals surface area contributed by atoms with Crippen LogP contribution in [0.1, 0.15) is 245 Å². The quantitative estimate of drug-likeness (QED) is 0.0262. The van der Waals surface area contributed by atoms with E-state index in [1.54, 1.807) is 0 Å². The van der Waals surface area contributed by atoms with Crippen LogP contribution in [0.2, 0.25) is 0 Å². The molecule has 0 bridgehead atoms. The Kier molecular flexibility index (Phi) is 50.9. The van der Waals surface area contributed by atoms with E-state index in [0.29, 0.717) is 19.3 Å². The molecule has 0 aromatic heterocycles. The van der Waals surface area contributed by atoms with E-state index in [-0.39, 0.29) is 37.5 Å². The Morgan fingerprint density at radius 2 is 0.621 bits per heavy atom. The molecule has 0 saturated carbocycles. The molecule has 6 heteroatoms. The average Bonchev–Trinajstić information content (AvgIpc) is 3.31. The van der Waals surface area contributed by atoms with Gasteiger partial charge in [-0.05, 0) is 103 Å². The van der Waals surface area contributed by atoms with Crippen LogP contribution < -0.4 is 0 Å². The highest BCUT2D eigenvalue weighted by Crippen LogP contribution is 2.14. The van der Waals surface area contributed by atoms with Gasteiger partial charge in [-0.25, -0.2) is 0 Å². The molecule has 0 aromatic rings. The van der Waals surface area contributed by atoms with Gasteiger partial charge < -0.3 is 14.2 Å². The molecule has 0 N–H and O–H groups in total. The normalized spacial score (nSPS) is 12.8. The Hall–Kier alpha value is -3.67. The minimum absolute atomic E-state index is 0.106. The molecule has 0 aliphatic rings. The third kappa shape index (κ3) is 51.3. The van der Waals surface area contributed by atoms with Gasteiger partial charge in [0.25, 0.3) is 0 Å². The second-order valence-electron chi connectivity index (χ2n) is 17.7. The summed E-state index contributed by atoms with van der Waals surface area (Å²) in [6.07, 6.45) is 71.2. The summed E-state index contributed by atoms with van der Waals surface area (Å²) in [7, 11) is 0. The molecule has 66 heavy (non-hydrogen) atoms. The summed E-state index contributed by atoms with van der Waals surface area (Å²) in [5.74, 6) is -1.01. The predicted octanol–water partition coefficient (Wildman–Crippen LogP) is 18.1. The lowest BCUT2D eigenvalue weighted by molar-refractivity contribution is -0.166. The van der Waals surface area contributed by atoms with Gasteiger partial charge in [-0.2, -0.15) is 0 Å². The van der Waals surface area contributed by atoms with Crippen LogP contribution in [0.3, 0.4) is 0 Å². The Morgan fingerprint density at radius 3 is 1.03 bits per heavy atom. The van der Waals surface area contributed by atoms with Crippen molar-refractivity contribution in [2.45, 2.75) is 252 Å². The number of ether oxygens (including phenoxy) is 3. The van der Waals surface area contributed by atoms with E-state index in [2.05, 4.69) is 106 Å². The van der Waals surface area contributed by atoms with Gasteiger partial charge in [-0.15, -0.1) is 0 Å². The van der Waals surface area contributed by atoms with E-state index < -0.39 is 6.10 Å². The first-order chi connectivity index (χ1) is 32.5. The standard InChI is InChI=1S/C60H100O6/c1-4-7-10-13-16-19-22-25-27-29-31-32-35-38-41-44-47-50-53-59(62)65-56-57(55-64-58(61)52-49-46-43-40-37-34-24-21-18-15-12-9-6-3)66-60(63)54-51-48-45-42-39-36-33-30-28-26-23-20-17-14-11-8-5-2/h8-9,11-12,17-18,20-21,26-29,34,37,43,46,57H,4-7,10,13-16,19,22-25,30-33,35-36,38-42,44-45,47-56H2,1-3H3/b11-8-,12-9-,20-17-,21-18-,28-26-,29-27-,37-34-,46-43-. The highest BCUT2D eigenvalue weighted by atomic mass is 16.6. The van der Waals surface area contributed by atoms with Crippen LogP contribution in [0.4, 0.5) is 0 Å². The summed E-state index contributed by atoms with van der Waals surface area (Å²) in [4.78, 5) is 38.0. The third-order valence-electron chi connectivity index (χ3n) is 11.3. The van der Waals surface area contributed by atoms with Crippen LogP contribution >= 0.6 is 0 Å². The number of carbonyl (C=O) groups is 3. The minimum Gasteiger partial charge on any atom is -0.462 e. The monoisotopic (exact) mass is 917 g/mol. The summed E-state index contributed by atoms with van der Waals surface area (Å²) in [6, 6.07) is 0. The number of unbranched alkanes of at least 4 members (excludes halogenated alkanes) is 21. The number of rotatable bonds is 48. The molecule has 0 amide bonds. The van der Waals surface area contributed by atoms with E-state index in [0.717, 1.165) is 89.9 Å². The van der Waals surface area contributed by atoms with Crippen molar-refractivity contribution in [2.75, 3.05) is 13.2 Å². The van der Waals surface area contributed by atoms with Crippen molar-refractivity contribution in [1.82, 2.24) is 0 Å². The number of allylic oxidation sites excluding steroid dienone is 16. The smallest absolute Gasteiger partial charge is 0.306 e. The summed E-state index contributed by atoms with van der Waals surface area (Å²) in [5, 5.41) is 0. The molecule has 0 heterocycles. The zero-order chi connectivity index (χ0) is 47.9. The molecule has 376 valence electrons. The first kappa shape index (κ1) is 62.3. The largest absolute Gasteiger partial charge is 0.462 e. The lowest BCUT2D eigenvalue weighted by atomic mass is 10.1. The van der Waals surface area contributed by atoms with Crippen molar-refractivity contribution in [3.8, 4) is 0 Å². The van der Waals surface area contributed by atoms with Crippen LogP contribution in [-0.4, -0.2) is 37.2 Å². The maximum absolute atomic E-state index is 12.8. The van der Waals surface area contributed by atoms with Gasteiger partial charge in [0.1, 0.15) is 13.2 Å². The van der Waals surface area contributed by atoms with Gasteiger partial charge in [-0.3, -0.25) is 14.4 Å². The summed E-state index contributed by atoms with van der Waals surface area (Å²) >= 11 is 0. The molecular formula is C60H100O6. The van der Waals surface area contributed by atoms with E-state index in [1.807, 2.05) is 12.2 Å². The van der Waals surface area contributed by atoms with Crippen LogP contribution in [0, 0.1) is 0 Å². The lowest BCUT2D eigenvalue weighted by Gasteiger charge is -2.18. The molecule has 0 fully saturated rings. The SMILES string of the molecule is CC/C=C\C/C=C\C/C=C\C/C=C\CCC(=O)OCC(COC(=O)CCCCCCCCC/C=C\CCCCCCCCC)OC(=O)CCCCCCCCC/C=C\C/C=C\C/C=C\CC. The van der Waals surface area contributed by atoms with E-state index in [9.17, 15) is 14.4 Å². The zero-order valence-electron chi connectivity index (χ0n) is 42.9. The lowest BCUT2D eigenvalue weighted by Crippen LogP contribution is -2.30. The van der Waals surface area contributed by atoms with E-state index in [4.69, 9.17) is 14.2 Å². The molecule has 0 radical (unpaired) electrons. The molecule has 1 unspecified atom stereocenters. The first-order valence-corrected chi connectivity index (χ1v) is 27.2. The summed E-state index contributed by atoms with van der Waals surface area (Å²) in [5.41, 5.74) is 0. The fourth-order valence-corrected chi connectivity index (χ4v) is 7.29. The Bertz CT molecular complexity index is 1330. The molecule has 0 spiro atoms. The van der Waals surface area contributed by atoms with Gasteiger partial charge in [-0.1, -0.05) is 221 Å². The maximum Gasteiger partial charge on any atom is 0.306 e. The van der Waals surface area contributed by atoms with Crippen LogP contribution in [0.25, 0.3) is 0 Å². The highest BCUT2D eigenvalue weighted by molar-refractivity contribution is 5.71. The molecule has 0 saturated heterocycles. The maximum atomic E-state index is 12.8. The fourth-order valence-electron chi connectivity index (χ4n) is 7.29.